The first-order valence-electron chi connectivity index (χ1n) is 7.42. The molecule has 2 unspecified atom stereocenters. The number of rotatable bonds is 3. The van der Waals surface area contributed by atoms with Crippen molar-refractivity contribution < 1.29 is 4.79 Å². The molecule has 3 nitrogen and oxygen atoms in total. The van der Waals surface area contributed by atoms with E-state index in [9.17, 15) is 4.79 Å². The molecule has 19 heavy (non-hydrogen) atoms. The van der Waals surface area contributed by atoms with Gasteiger partial charge in [0.25, 0.3) is 5.91 Å². The minimum Gasteiger partial charge on any atom is -0.333 e. The van der Waals surface area contributed by atoms with Gasteiger partial charge in [0.1, 0.15) is 0 Å². The molecule has 1 N–H and O–H groups in total. The molecular weight excluding hydrogens is 256 g/mol. The highest BCUT2D eigenvalue weighted by atomic mass is 32.1. The number of nitrogens with one attached hydrogen (secondary N) is 1. The average molecular weight is 278 g/mol. The number of likely N-dealkylation sites (tertiary alicyclic amines) is 1. The van der Waals surface area contributed by atoms with Crippen LogP contribution in [0.15, 0.2) is 11.4 Å². The van der Waals surface area contributed by atoms with Crippen molar-refractivity contribution in [2.45, 2.75) is 51.1 Å². The summed E-state index contributed by atoms with van der Waals surface area (Å²) < 4.78 is 0. The zero-order valence-electron chi connectivity index (χ0n) is 11.5. The van der Waals surface area contributed by atoms with Gasteiger partial charge in [-0.25, -0.2) is 0 Å². The molecule has 0 radical (unpaired) electrons. The highest BCUT2D eigenvalue weighted by Gasteiger charge is 2.36. The molecule has 0 bridgehead atoms. The van der Waals surface area contributed by atoms with E-state index in [1.54, 1.807) is 11.3 Å². The Morgan fingerprint density at radius 2 is 2.37 bits per heavy atom. The van der Waals surface area contributed by atoms with Gasteiger partial charge in [-0.2, -0.15) is 0 Å². The predicted octanol–water partition coefficient (Wildman–Crippen LogP) is 2.67. The lowest BCUT2D eigenvalue weighted by atomic mass is 10.0. The van der Waals surface area contributed by atoms with Crippen LogP contribution in [-0.4, -0.2) is 36.0 Å². The molecule has 0 spiro atoms. The molecule has 2 aliphatic heterocycles. The van der Waals surface area contributed by atoms with E-state index >= 15 is 0 Å². The summed E-state index contributed by atoms with van der Waals surface area (Å²) in [6.45, 7) is 4.17. The highest BCUT2D eigenvalue weighted by molar-refractivity contribution is 7.12. The lowest BCUT2D eigenvalue weighted by Crippen LogP contribution is -2.46. The number of nitrogens with zero attached hydrogens (tertiary/aromatic N) is 1. The SMILES string of the molecule is CCc1ccsc1C(=O)N1CCCC1C1CCCN1. The second kappa shape index (κ2) is 5.63. The van der Waals surface area contributed by atoms with Gasteiger partial charge in [-0.15, -0.1) is 11.3 Å². The second-order valence-electron chi connectivity index (χ2n) is 5.54. The van der Waals surface area contributed by atoms with Gasteiger partial charge in [-0.1, -0.05) is 6.92 Å². The molecule has 1 aromatic rings. The molecule has 2 saturated heterocycles. The summed E-state index contributed by atoms with van der Waals surface area (Å²) in [4.78, 5) is 15.9. The van der Waals surface area contributed by atoms with Gasteiger partial charge in [0.2, 0.25) is 0 Å². The third kappa shape index (κ3) is 2.43. The maximum Gasteiger partial charge on any atom is 0.264 e. The van der Waals surface area contributed by atoms with E-state index in [1.165, 1.54) is 18.4 Å². The normalized spacial score (nSPS) is 27.1. The first kappa shape index (κ1) is 13.1. The van der Waals surface area contributed by atoms with Crippen molar-refractivity contribution in [3.05, 3.63) is 21.9 Å². The van der Waals surface area contributed by atoms with E-state index < -0.39 is 0 Å². The third-order valence-electron chi connectivity index (χ3n) is 4.44. The van der Waals surface area contributed by atoms with Crippen LogP contribution in [-0.2, 0) is 6.42 Å². The Balaban J connectivity index is 1.78. The van der Waals surface area contributed by atoms with Crippen LogP contribution in [0.5, 0.6) is 0 Å². The van der Waals surface area contributed by atoms with Crippen LogP contribution in [0.4, 0.5) is 0 Å². The molecule has 2 aliphatic rings. The van der Waals surface area contributed by atoms with Gasteiger partial charge in [-0.05, 0) is 55.7 Å². The number of hydrogen-bond acceptors (Lipinski definition) is 3. The number of carbonyl (C=O) groups excluding carboxylic acids is 1. The van der Waals surface area contributed by atoms with Crippen molar-refractivity contribution >= 4 is 17.2 Å². The number of thiophene rings is 1. The number of carbonyl (C=O) groups is 1. The van der Waals surface area contributed by atoms with E-state index in [1.807, 2.05) is 5.38 Å². The lowest BCUT2D eigenvalue weighted by molar-refractivity contribution is 0.0715. The van der Waals surface area contributed by atoms with Crippen molar-refractivity contribution in [1.29, 1.82) is 0 Å². The van der Waals surface area contributed by atoms with Crippen LogP contribution in [0.3, 0.4) is 0 Å². The van der Waals surface area contributed by atoms with Crippen LogP contribution in [0.2, 0.25) is 0 Å². The molecule has 1 amide bonds. The average Bonchev–Trinajstić information content (AvgIpc) is 3.16. The first-order valence-corrected chi connectivity index (χ1v) is 8.30. The smallest absolute Gasteiger partial charge is 0.264 e. The number of hydrogen-bond donors (Lipinski definition) is 1. The second-order valence-corrected chi connectivity index (χ2v) is 6.46. The fraction of sp³-hybridized carbons (Fsp3) is 0.667. The lowest BCUT2D eigenvalue weighted by Gasteiger charge is -2.29. The molecule has 4 heteroatoms. The van der Waals surface area contributed by atoms with E-state index in [-0.39, 0.29) is 5.91 Å². The standard InChI is InChI=1S/C15H22N2OS/c1-2-11-7-10-19-14(11)15(18)17-9-4-6-13(17)12-5-3-8-16-12/h7,10,12-13,16H,2-6,8-9H2,1H3. The summed E-state index contributed by atoms with van der Waals surface area (Å²) in [5.41, 5.74) is 1.21. The van der Waals surface area contributed by atoms with E-state index in [0.717, 1.165) is 37.2 Å². The Morgan fingerprint density at radius 3 is 3.11 bits per heavy atom. The fourth-order valence-corrected chi connectivity index (χ4v) is 4.39. The minimum absolute atomic E-state index is 0.267. The molecule has 3 heterocycles. The van der Waals surface area contributed by atoms with Crippen LogP contribution in [0.25, 0.3) is 0 Å². The Hall–Kier alpha value is -0.870. The van der Waals surface area contributed by atoms with Crippen molar-refractivity contribution in [2.24, 2.45) is 0 Å². The Morgan fingerprint density at radius 1 is 1.47 bits per heavy atom. The Bertz CT molecular complexity index is 451. The summed E-state index contributed by atoms with van der Waals surface area (Å²) in [5.74, 6) is 0.267. The molecule has 0 aromatic carbocycles. The van der Waals surface area contributed by atoms with Crippen LogP contribution in [0.1, 0.15) is 47.8 Å². The largest absolute Gasteiger partial charge is 0.333 e. The molecule has 2 fully saturated rings. The monoisotopic (exact) mass is 278 g/mol. The van der Waals surface area contributed by atoms with Crippen molar-refractivity contribution in [3.63, 3.8) is 0 Å². The van der Waals surface area contributed by atoms with Gasteiger partial charge in [-0.3, -0.25) is 4.79 Å². The molecule has 0 aliphatic carbocycles. The van der Waals surface area contributed by atoms with Gasteiger partial charge < -0.3 is 10.2 Å². The Labute approximate surface area is 119 Å². The molecular formula is C15H22N2OS. The molecule has 0 saturated carbocycles. The van der Waals surface area contributed by atoms with Gasteiger partial charge in [0.05, 0.1) is 4.88 Å². The van der Waals surface area contributed by atoms with Crippen LogP contribution in [0, 0.1) is 0 Å². The molecule has 3 rings (SSSR count). The van der Waals surface area contributed by atoms with E-state index in [2.05, 4.69) is 23.2 Å². The van der Waals surface area contributed by atoms with Crippen molar-refractivity contribution in [3.8, 4) is 0 Å². The molecule has 1 aromatic heterocycles. The minimum atomic E-state index is 0.267. The van der Waals surface area contributed by atoms with E-state index in [0.29, 0.717) is 12.1 Å². The quantitative estimate of drug-likeness (QED) is 0.922. The maximum atomic E-state index is 12.8. The summed E-state index contributed by atoms with van der Waals surface area (Å²) in [7, 11) is 0. The fourth-order valence-electron chi connectivity index (χ4n) is 3.44. The summed E-state index contributed by atoms with van der Waals surface area (Å²) in [6.07, 6.45) is 5.74. The van der Waals surface area contributed by atoms with Gasteiger partial charge >= 0.3 is 0 Å². The number of amides is 1. The topological polar surface area (TPSA) is 32.3 Å². The van der Waals surface area contributed by atoms with Crippen molar-refractivity contribution in [2.75, 3.05) is 13.1 Å². The zero-order valence-corrected chi connectivity index (χ0v) is 12.3. The van der Waals surface area contributed by atoms with E-state index in [4.69, 9.17) is 0 Å². The molecule has 104 valence electrons. The molecule has 2 atom stereocenters. The van der Waals surface area contributed by atoms with Crippen molar-refractivity contribution in [1.82, 2.24) is 10.2 Å². The highest BCUT2D eigenvalue weighted by Crippen LogP contribution is 2.28. The predicted molar refractivity (Wildman–Crippen MR) is 78.8 cm³/mol. The van der Waals surface area contributed by atoms with Gasteiger partial charge in [0.15, 0.2) is 0 Å². The zero-order chi connectivity index (χ0) is 13.2. The Kier molecular flexibility index (Phi) is 3.89. The number of aryl methyl sites for hydroxylation is 1. The summed E-state index contributed by atoms with van der Waals surface area (Å²) in [6, 6.07) is 3.04. The summed E-state index contributed by atoms with van der Waals surface area (Å²) in [5, 5.41) is 5.61. The third-order valence-corrected chi connectivity index (χ3v) is 5.39. The summed E-state index contributed by atoms with van der Waals surface area (Å²) >= 11 is 1.60. The van der Waals surface area contributed by atoms with Crippen LogP contribution < -0.4 is 5.32 Å². The first-order chi connectivity index (χ1) is 9.31. The van der Waals surface area contributed by atoms with Gasteiger partial charge in [0, 0.05) is 18.6 Å². The van der Waals surface area contributed by atoms with Crippen LogP contribution >= 0.6 is 11.3 Å². The maximum absolute atomic E-state index is 12.8.